The molecule has 0 saturated heterocycles. The van der Waals surface area contributed by atoms with Crippen LogP contribution in [-0.2, 0) is 9.53 Å². The SMILES string of the molecule is CC=CC(C)=CCCC(C=CC)OC(=O)CCC(O)CCCCCC. The largest absolute Gasteiger partial charge is 0.458 e. The van der Waals surface area contributed by atoms with Gasteiger partial charge in [-0.3, -0.25) is 4.79 Å². The van der Waals surface area contributed by atoms with Crippen molar-refractivity contribution in [3.63, 3.8) is 0 Å². The molecule has 0 amide bonds. The van der Waals surface area contributed by atoms with E-state index in [0.29, 0.717) is 6.42 Å². The molecule has 1 N–H and O–H groups in total. The van der Waals surface area contributed by atoms with Crippen LogP contribution in [0.3, 0.4) is 0 Å². The number of hydrogen-bond donors (Lipinski definition) is 1. The van der Waals surface area contributed by atoms with Crippen molar-refractivity contribution in [1.82, 2.24) is 0 Å². The van der Waals surface area contributed by atoms with Crippen molar-refractivity contribution in [3.05, 3.63) is 36.0 Å². The molecule has 0 radical (unpaired) electrons. The maximum absolute atomic E-state index is 12.0. The fourth-order valence-electron chi connectivity index (χ4n) is 2.68. The Labute approximate surface area is 154 Å². The summed E-state index contributed by atoms with van der Waals surface area (Å²) in [5, 5.41) is 9.95. The molecule has 0 aliphatic heterocycles. The highest BCUT2D eigenvalue weighted by Crippen LogP contribution is 2.13. The lowest BCUT2D eigenvalue weighted by Gasteiger charge is -2.15. The second-order valence-corrected chi connectivity index (χ2v) is 6.62. The van der Waals surface area contributed by atoms with Crippen LogP contribution in [0.15, 0.2) is 36.0 Å². The van der Waals surface area contributed by atoms with E-state index in [0.717, 1.165) is 32.1 Å². The summed E-state index contributed by atoms with van der Waals surface area (Å²) in [5.74, 6) is -0.218. The highest BCUT2D eigenvalue weighted by Gasteiger charge is 2.13. The van der Waals surface area contributed by atoms with Gasteiger partial charge in [0.2, 0.25) is 0 Å². The van der Waals surface area contributed by atoms with Crippen molar-refractivity contribution in [2.24, 2.45) is 0 Å². The van der Waals surface area contributed by atoms with Gasteiger partial charge in [-0.25, -0.2) is 0 Å². The second-order valence-electron chi connectivity index (χ2n) is 6.62. The number of unbranched alkanes of at least 4 members (excludes halogenated alkanes) is 3. The van der Waals surface area contributed by atoms with E-state index in [-0.39, 0.29) is 18.5 Å². The topological polar surface area (TPSA) is 46.5 Å². The summed E-state index contributed by atoms with van der Waals surface area (Å²) < 4.78 is 5.54. The summed E-state index contributed by atoms with van der Waals surface area (Å²) in [6, 6.07) is 0. The first kappa shape index (κ1) is 23.6. The van der Waals surface area contributed by atoms with Gasteiger partial charge in [-0.1, -0.05) is 62.5 Å². The summed E-state index contributed by atoms with van der Waals surface area (Å²) in [4.78, 5) is 12.0. The number of ether oxygens (including phenoxy) is 1. The average molecular weight is 351 g/mol. The van der Waals surface area contributed by atoms with Gasteiger partial charge in [0, 0.05) is 6.42 Å². The minimum Gasteiger partial charge on any atom is -0.458 e. The zero-order chi connectivity index (χ0) is 18.9. The Bertz CT molecular complexity index is 421. The first-order chi connectivity index (χ1) is 12.0. The average Bonchev–Trinajstić information content (AvgIpc) is 2.57. The Morgan fingerprint density at radius 3 is 2.48 bits per heavy atom. The first-order valence-corrected chi connectivity index (χ1v) is 9.83. The molecule has 0 saturated carbocycles. The number of aliphatic hydroxyl groups is 1. The molecule has 25 heavy (non-hydrogen) atoms. The van der Waals surface area contributed by atoms with Crippen LogP contribution in [-0.4, -0.2) is 23.3 Å². The molecule has 2 unspecified atom stereocenters. The number of rotatable bonds is 14. The third-order valence-corrected chi connectivity index (χ3v) is 4.11. The predicted molar refractivity (Wildman–Crippen MR) is 106 cm³/mol. The van der Waals surface area contributed by atoms with Crippen LogP contribution in [0, 0.1) is 0 Å². The minimum atomic E-state index is -0.393. The molecule has 2 atom stereocenters. The lowest BCUT2D eigenvalue weighted by Crippen LogP contribution is -2.18. The number of carbonyl (C=O) groups is 1. The number of hydrogen-bond acceptors (Lipinski definition) is 3. The molecule has 3 nitrogen and oxygen atoms in total. The van der Waals surface area contributed by atoms with E-state index in [2.05, 4.69) is 26.0 Å². The summed E-state index contributed by atoms with van der Waals surface area (Å²) >= 11 is 0. The molecule has 0 aliphatic carbocycles. The Morgan fingerprint density at radius 1 is 1.08 bits per heavy atom. The van der Waals surface area contributed by atoms with Gasteiger partial charge in [0.25, 0.3) is 0 Å². The van der Waals surface area contributed by atoms with E-state index in [1.807, 2.05) is 32.1 Å². The Kier molecular flexibility index (Phi) is 15.3. The van der Waals surface area contributed by atoms with E-state index in [1.165, 1.54) is 18.4 Å². The van der Waals surface area contributed by atoms with Gasteiger partial charge >= 0.3 is 5.97 Å². The van der Waals surface area contributed by atoms with Gasteiger partial charge in [-0.15, -0.1) is 0 Å². The van der Waals surface area contributed by atoms with Crippen LogP contribution < -0.4 is 0 Å². The van der Waals surface area contributed by atoms with Gasteiger partial charge in [-0.05, 0) is 52.5 Å². The molecule has 0 aromatic carbocycles. The van der Waals surface area contributed by atoms with Crippen molar-refractivity contribution in [1.29, 1.82) is 0 Å². The fraction of sp³-hybridized carbons (Fsp3) is 0.682. The van der Waals surface area contributed by atoms with Gasteiger partial charge in [0.15, 0.2) is 0 Å². The van der Waals surface area contributed by atoms with Gasteiger partial charge < -0.3 is 9.84 Å². The van der Waals surface area contributed by atoms with Gasteiger partial charge in [0.05, 0.1) is 6.10 Å². The monoisotopic (exact) mass is 350 g/mol. The standard InChI is InChI=1S/C22H38O3/c1-5-8-9-10-15-20(23)17-18-22(24)25-21(13-7-3)16-11-14-19(4)12-6-2/h6-7,12-14,20-21,23H,5,8-11,15-18H2,1-4H3. The van der Waals surface area contributed by atoms with Crippen molar-refractivity contribution < 1.29 is 14.6 Å². The van der Waals surface area contributed by atoms with Gasteiger partial charge in [-0.2, -0.15) is 0 Å². The van der Waals surface area contributed by atoms with Crippen molar-refractivity contribution in [3.8, 4) is 0 Å². The van der Waals surface area contributed by atoms with E-state index in [4.69, 9.17) is 4.74 Å². The number of esters is 1. The molecule has 0 spiro atoms. The van der Waals surface area contributed by atoms with Gasteiger partial charge in [0.1, 0.15) is 6.10 Å². The first-order valence-electron chi connectivity index (χ1n) is 9.83. The highest BCUT2D eigenvalue weighted by molar-refractivity contribution is 5.69. The fourth-order valence-corrected chi connectivity index (χ4v) is 2.68. The number of aliphatic hydroxyl groups excluding tert-OH is 1. The van der Waals surface area contributed by atoms with Crippen LogP contribution in [0.5, 0.6) is 0 Å². The maximum atomic E-state index is 12.0. The van der Waals surface area contributed by atoms with Crippen LogP contribution in [0.2, 0.25) is 0 Å². The van der Waals surface area contributed by atoms with Crippen molar-refractivity contribution in [2.45, 2.75) is 97.7 Å². The quantitative estimate of drug-likeness (QED) is 0.184. The maximum Gasteiger partial charge on any atom is 0.306 e. The zero-order valence-corrected chi connectivity index (χ0v) is 16.7. The summed E-state index contributed by atoms with van der Waals surface area (Å²) in [7, 11) is 0. The molecule has 0 heterocycles. The van der Waals surface area contributed by atoms with Crippen molar-refractivity contribution >= 4 is 5.97 Å². The molecular formula is C22H38O3. The zero-order valence-electron chi connectivity index (χ0n) is 16.7. The third kappa shape index (κ3) is 14.7. The van der Waals surface area contributed by atoms with E-state index < -0.39 is 6.10 Å². The molecule has 0 rings (SSSR count). The molecule has 0 bridgehead atoms. The lowest BCUT2D eigenvalue weighted by molar-refractivity contribution is -0.147. The summed E-state index contributed by atoms with van der Waals surface area (Å²) in [6.07, 6.45) is 17.3. The lowest BCUT2D eigenvalue weighted by atomic mass is 10.1. The molecule has 0 aromatic heterocycles. The summed E-state index contributed by atoms with van der Waals surface area (Å²) in [6.45, 7) is 8.17. The Morgan fingerprint density at radius 2 is 1.84 bits per heavy atom. The van der Waals surface area contributed by atoms with Crippen LogP contribution in [0.1, 0.15) is 85.5 Å². The molecule has 3 heteroatoms. The molecule has 144 valence electrons. The molecular weight excluding hydrogens is 312 g/mol. The molecule has 0 aliphatic rings. The smallest absolute Gasteiger partial charge is 0.306 e. The number of carbonyl (C=O) groups excluding carboxylic acids is 1. The normalized spacial score (nSPS) is 15.0. The van der Waals surface area contributed by atoms with Crippen LogP contribution in [0.25, 0.3) is 0 Å². The molecule has 0 aromatic rings. The molecule has 0 fully saturated rings. The van der Waals surface area contributed by atoms with Crippen LogP contribution in [0.4, 0.5) is 0 Å². The minimum absolute atomic E-state index is 0.186. The van der Waals surface area contributed by atoms with Crippen LogP contribution >= 0.6 is 0 Å². The Balaban J connectivity index is 4.12. The predicted octanol–water partition coefficient (Wildman–Crippen LogP) is 5.89. The Hall–Kier alpha value is -1.35. The highest BCUT2D eigenvalue weighted by atomic mass is 16.5. The summed E-state index contributed by atoms with van der Waals surface area (Å²) in [5.41, 5.74) is 1.22. The van der Waals surface area contributed by atoms with E-state index >= 15 is 0 Å². The van der Waals surface area contributed by atoms with Crippen molar-refractivity contribution in [2.75, 3.05) is 0 Å². The third-order valence-electron chi connectivity index (χ3n) is 4.11. The second kappa shape index (κ2) is 16.1. The number of allylic oxidation sites excluding steroid dienone is 5. The van der Waals surface area contributed by atoms with E-state index in [1.54, 1.807) is 0 Å². The van der Waals surface area contributed by atoms with E-state index in [9.17, 15) is 9.90 Å².